The first-order valence-corrected chi connectivity index (χ1v) is 8.04. The van der Waals surface area contributed by atoms with Crippen molar-refractivity contribution < 1.29 is 4.79 Å². The van der Waals surface area contributed by atoms with E-state index in [0.29, 0.717) is 17.9 Å². The van der Waals surface area contributed by atoms with Gasteiger partial charge in [0.25, 0.3) is 5.91 Å². The molecular weight excluding hydrogens is 304 g/mol. The zero-order chi connectivity index (χ0) is 16.4. The first-order chi connectivity index (χ1) is 11.8. The Balaban J connectivity index is 1.54. The molecule has 0 N–H and O–H groups in total. The molecular formula is C17H18N6O. The molecule has 7 nitrogen and oxygen atoms in total. The van der Waals surface area contributed by atoms with Crippen LogP contribution in [0.4, 0.5) is 0 Å². The quantitative estimate of drug-likeness (QED) is 0.739. The van der Waals surface area contributed by atoms with E-state index < -0.39 is 0 Å². The first kappa shape index (κ1) is 14.6. The van der Waals surface area contributed by atoms with Crippen LogP contribution in [-0.2, 0) is 0 Å². The van der Waals surface area contributed by atoms with Gasteiger partial charge in [-0.2, -0.15) is 5.10 Å². The maximum atomic E-state index is 12.9. The lowest BCUT2D eigenvalue weighted by molar-refractivity contribution is 0.0673. The predicted octanol–water partition coefficient (Wildman–Crippen LogP) is 1.94. The van der Waals surface area contributed by atoms with Gasteiger partial charge in [0.05, 0.1) is 6.04 Å². The molecule has 0 aliphatic carbocycles. The zero-order valence-corrected chi connectivity index (χ0v) is 13.2. The van der Waals surface area contributed by atoms with Crippen molar-refractivity contribution in [1.29, 1.82) is 0 Å². The summed E-state index contributed by atoms with van der Waals surface area (Å²) in [6, 6.07) is 5.73. The van der Waals surface area contributed by atoms with Crippen LogP contribution in [0.3, 0.4) is 0 Å². The number of hydrogen-bond acceptors (Lipinski definition) is 4. The first-order valence-electron chi connectivity index (χ1n) is 8.04. The van der Waals surface area contributed by atoms with Crippen LogP contribution < -0.4 is 0 Å². The molecule has 4 rings (SSSR count). The van der Waals surface area contributed by atoms with E-state index in [1.165, 1.54) is 0 Å². The molecule has 1 aliphatic heterocycles. The largest absolute Gasteiger partial charge is 0.336 e. The molecule has 0 aromatic carbocycles. The number of imidazole rings is 1. The summed E-state index contributed by atoms with van der Waals surface area (Å²) < 4.78 is 3.74. The van der Waals surface area contributed by atoms with E-state index in [0.717, 1.165) is 19.4 Å². The van der Waals surface area contributed by atoms with Crippen molar-refractivity contribution in [2.45, 2.75) is 18.9 Å². The number of pyridine rings is 1. The van der Waals surface area contributed by atoms with Crippen molar-refractivity contribution in [3.63, 3.8) is 0 Å². The minimum Gasteiger partial charge on any atom is -0.336 e. The summed E-state index contributed by atoms with van der Waals surface area (Å²) in [6.07, 6.45) is 12.6. The minimum atomic E-state index is 0.0376. The van der Waals surface area contributed by atoms with Gasteiger partial charge in [0.15, 0.2) is 0 Å². The molecule has 0 radical (unpaired) electrons. The molecule has 24 heavy (non-hydrogen) atoms. The van der Waals surface area contributed by atoms with Gasteiger partial charge in [-0.3, -0.25) is 14.0 Å². The highest BCUT2D eigenvalue weighted by molar-refractivity contribution is 5.94. The zero-order valence-electron chi connectivity index (χ0n) is 13.2. The summed E-state index contributed by atoms with van der Waals surface area (Å²) in [6.45, 7) is 1.46. The highest BCUT2D eigenvalue weighted by Crippen LogP contribution is 2.22. The number of piperidine rings is 1. The summed E-state index contributed by atoms with van der Waals surface area (Å²) >= 11 is 0. The molecule has 4 heterocycles. The van der Waals surface area contributed by atoms with Gasteiger partial charge in [-0.15, -0.1) is 0 Å². The number of hydrogen-bond donors (Lipinski definition) is 0. The lowest BCUT2D eigenvalue weighted by Gasteiger charge is -2.33. The van der Waals surface area contributed by atoms with Crippen LogP contribution in [0.25, 0.3) is 5.82 Å². The standard InChI is InChI=1S/C17H18N6O/c24-17(14-4-6-19-16(11-14)22-10-7-18-13-22)21-8-1-3-15(12-21)23-9-2-5-20-23/h2,4-7,9-11,13,15H,1,3,8,12H2/t15-/m0/s1. The molecule has 122 valence electrons. The lowest BCUT2D eigenvalue weighted by Crippen LogP contribution is -2.40. The molecule has 0 bridgehead atoms. The molecule has 0 unspecified atom stereocenters. The molecule has 1 aliphatic rings. The van der Waals surface area contributed by atoms with Crippen molar-refractivity contribution >= 4 is 5.91 Å². The number of likely N-dealkylation sites (tertiary alicyclic amines) is 1. The van der Waals surface area contributed by atoms with Crippen LogP contribution >= 0.6 is 0 Å². The Kier molecular flexibility index (Phi) is 3.82. The van der Waals surface area contributed by atoms with Crippen LogP contribution in [0.1, 0.15) is 29.2 Å². The highest BCUT2D eigenvalue weighted by atomic mass is 16.2. The van der Waals surface area contributed by atoms with Crippen molar-refractivity contribution in [1.82, 2.24) is 29.2 Å². The van der Waals surface area contributed by atoms with E-state index in [-0.39, 0.29) is 11.9 Å². The second kappa shape index (κ2) is 6.27. The van der Waals surface area contributed by atoms with Gasteiger partial charge in [0, 0.05) is 49.6 Å². The Hall–Kier alpha value is -2.96. The topological polar surface area (TPSA) is 68.8 Å². The van der Waals surface area contributed by atoms with Crippen molar-refractivity contribution in [2.24, 2.45) is 0 Å². The van der Waals surface area contributed by atoms with Gasteiger partial charge < -0.3 is 4.90 Å². The van der Waals surface area contributed by atoms with E-state index in [1.807, 2.05) is 34.1 Å². The second-order valence-electron chi connectivity index (χ2n) is 5.91. The van der Waals surface area contributed by atoms with Crippen LogP contribution in [0.15, 0.2) is 55.5 Å². The smallest absolute Gasteiger partial charge is 0.254 e. The van der Waals surface area contributed by atoms with Gasteiger partial charge in [-0.1, -0.05) is 0 Å². The Morgan fingerprint density at radius 1 is 1.21 bits per heavy atom. The number of rotatable bonds is 3. The monoisotopic (exact) mass is 322 g/mol. The Morgan fingerprint density at radius 2 is 2.17 bits per heavy atom. The molecule has 1 fully saturated rings. The summed E-state index contributed by atoms with van der Waals surface area (Å²) in [5, 5.41) is 4.31. The number of nitrogens with zero attached hydrogens (tertiary/aromatic N) is 6. The molecule has 7 heteroatoms. The molecule has 0 saturated carbocycles. The maximum absolute atomic E-state index is 12.9. The van der Waals surface area contributed by atoms with Gasteiger partial charge in [0.1, 0.15) is 12.1 Å². The fraction of sp³-hybridized carbons (Fsp3) is 0.294. The molecule has 1 amide bonds. The van der Waals surface area contributed by atoms with Gasteiger partial charge >= 0.3 is 0 Å². The summed E-state index contributed by atoms with van der Waals surface area (Å²) in [5.74, 6) is 0.731. The Bertz CT molecular complexity index is 811. The van der Waals surface area contributed by atoms with Crippen LogP contribution in [0.5, 0.6) is 0 Å². The van der Waals surface area contributed by atoms with E-state index in [1.54, 1.807) is 35.6 Å². The van der Waals surface area contributed by atoms with Crippen molar-refractivity contribution in [3.8, 4) is 5.82 Å². The highest BCUT2D eigenvalue weighted by Gasteiger charge is 2.26. The van der Waals surface area contributed by atoms with E-state index in [9.17, 15) is 4.79 Å². The van der Waals surface area contributed by atoms with Gasteiger partial charge in [-0.25, -0.2) is 9.97 Å². The average molecular weight is 322 g/mol. The van der Waals surface area contributed by atoms with Gasteiger partial charge in [0.2, 0.25) is 0 Å². The normalized spacial score (nSPS) is 17.8. The lowest BCUT2D eigenvalue weighted by atomic mass is 10.0. The third-order valence-electron chi connectivity index (χ3n) is 4.34. The Labute approximate surface area is 139 Å². The van der Waals surface area contributed by atoms with Crippen molar-refractivity contribution in [3.05, 3.63) is 61.1 Å². The minimum absolute atomic E-state index is 0.0376. The Morgan fingerprint density at radius 3 is 2.96 bits per heavy atom. The molecule has 1 atom stereocenters. The number of aromatic nitrogens is 5. The third kappa shape index (κ3) is 2.80. The second-order valence-corrected chi connectivity index (χ2v) is 5.91. The van der Waals surface area contributed by atoms with Crippen LogP contribution in [0.2, 0.25) is 0 Å². The number of amides is 1. The van der Waals surface area contributed by atoms with Crippen LogP contribution in [0, 0.1) is 0 Å². The number of carbonyl (C=O) groups excluding carboxylic acids is 1. The van der Waals surface area contributed by atoms with Gasteiger partial charge in [-0.05, 0) is 31.0 Å². The van der Waals surface area contributed by atoms with E-state index in [4.69, 9.17) is 0 Å². The molecule has 0 spiro atoms. The SMILES string of the molecule is O=C(c1ccnc(-n2ccnc2)c1)N1CCC[C@H](n2cccn2)C1. The maximum Gasteiger partial charge on any atom is 0.254 e. The van der Waals surface area contributed by atoms with Crippen molar-refractivity contribution in [2.75, 3.05) is 13.1 Å². The third-order valence-corrected chi connectivity index (χ3v) is 4.34. The summed E-state index contributed by atoms with van der Waals surface area (Å²) in [5.41, 5.74) is 0.648. The molecule has 3 aromatic rings. The van der Waals surface area contributed by atoms with E-state index in [2.05, 4.69) is 15.1 Å². The molecule has 1 saturated heterocycles. The predicted molar refractivity (Wildman–Crippen MR) is 87.8 cm³/mol. The summed E-state index contributed by atoms with van der Waals surface area (Å²) in [4.78, 5) is 23.1. The van der Waals surface area contributed by atoms with Crippen LogP contribution in [-0.4, -0.2) is 48.2 Å². The average Bonchev–Trinajstić information content (AvgIpc) is 3.35. The van der Waals surface area contributed by atoms with E-state index >= 15 is 0 Å². The molecule has 3 aromatic heterocycles. The fourth-order valence-electron chi connectivity index (χ4n) is 3.12. The summed E-state index contributed by atoms with van der Waals surface area (Å²) in [7, 11) is 0. The fourth-order valence-corrected chi connectivity index (χ4v) is 3.12. The number of carbonyl (C=O) groups is 1.